The van der Waals surface area contributed by atoms with E-state index in [2.05, 4.69) is 0 Å². The first-order chi connectivity index (χ1) is 6.21. The summed E-state index contributed by atoms with van der Waals surface area (Å²) in [6, 6.07) is 0. The van der Waals surface area contributed by atoms with Gasteiger partial charge in [0.05, 0.1) is 0 Å². The molecule has 0 spiro atoms. The molecule has 2 atom stereocenters. The van der Waals surface area contributed by atoms with E-state index in [9.17, 15) is 18.0 Å². The van der Waals surface area contributed by atoms with Gasteiger partial charge in [-0.3, -0.25) is 14.1 Å². The number of hydrogen-bond acceptors (Lipinski definition) is 5. The van der Waals surface area contributed by atoms with Gasteiger partial charge in [0.1, 0.15) is 5.25 Å². The molecule has 0 amide bonds. The Morgan fingerprint density at radius 1 is 1.12 bits per heavy atom. The summed E-state index contributed by atoms with van der Waals surface area (Å²) in [5, 5.41) is 12.9. The van der Waals surface area contributed by atoms with Crippen molar-refractivity contribution in [3.05, 3.63) is 0 Å². The van der Waals surface area contributed by atoms with Gasteiger partial charge in [-0.2, -0.15) is 8.42 Å². The molecule has 3 N–H and O–H groups in total. The van der Waals surface area contributed by atoms with Gasteiger partial charge in [-0.25, -0.2) is 0 Å². The van der Waals surface area contributed by atoms with E-state index in [0.717, 1.165) is 0 Å². The van der Waals surface area contributed by atoms with Gasteiger partial charge in [0, 0.05) is 0 Å². The van der Waals surface area contributed by atoms with Crippen molar-refractivity contribution in [2.75, 3.05) is 6.26 Å². The predicted molar refractivity (Wildman–Crippen MR) is 51.2 cm³/mol. The maximum absolute atomic E-state index is 10.6. The van der Waals surface area contributed by atoms with E-state index in [4.69, 9.17) is 14.8 Å². The average molecular weight is 316 g/mol. The molecule has 0 aromatic heterocycles. The Balaban J connectivity index is -0.0000000563. The van der Waals surface area contributed by atoms with Crippen molar-refractivity contribution in [1.29, 1.82) is 0 Å². The standard InChI is InChI=1S/C5H8O7S2.3Na.3H/c1-13-2(4(6)7)3(5(8)9)14(10,11)12;;;;;;/h2-3H,1H3,(H,6,7)(H,8,9)(H,10,11,12);;;;;;/q;3*+1;3*-1. The van der Waals surface area contributed by atoms with E-state index >= 15 is 0 Å². The Hall–Kier alpha value is 2.20. The first-order valence-electron chi connectivity index (χ1n) is 3.16. The maximum atomic E-state index is 10.6. The van der Waals surface area contributed by atoms with Crippen molar-refractivity contribution in [3.8, 4) is 0 Å². The fourth-order valence-electron chi connectivity index (χ4n) is 0.767. The second-order valence-corrected chi connectivity index (χ2v) is 4.79. The van der Waals surface area contributed by atoms with Crippen LogP contribution in [0, 0.1) is 0 Å². The Morgan fingerprint density at radius 2 is 1.47 bits per heavy atom. The van der Waals surface area contributed by atoms with Crippen LogP contribution < -0.4 is 88.7 Å². The van der Waals surface area contributed by atoms with Crippen molar-refractivity contribution < 1.29 is 126 Å². The van der Waals surface area contributed by atoms with Crippen LogP contribution in [0.5, 0.6) is 0 Å². The quantitative estimate of drug-likeness (QED) is 0.337. The molecule has 0 fully saturated rings. The molecule has 0 heterocycles. The van der Waals surface area contributed by atoms with Gasteiger partial charge in [-0.1, -0.05) is 0 Å². The maximum Gasteiger partial charge on any atom is 1.00 e. The van der Waals surface area contributed by atoms with Crippen LogP contribution in [0.2, 0.25) is 0 Å². The first-order valence-corrected chi connectivity index (χ1v) is 5.95. The molecule has 17 heavy (non-hydrogen) atoms. The SMILES string of the molecule is CSC(C(=O)O)C(C(=O)O)S(=O)(=O)O.[H-].[H-].[H-].[Na+].[Na+].[Na+]. The minimum absolute atomic E-state index is 0. The number of carboxylic acid groups (broad SMARTS) is 2. The number of hydrogen-bond donors (Lipinski definition) is 3. The zero-order valence-electron chi connectivity index (χ0n) is 12.9. The number of aliphatic carboxylic acids is 2. The van der Waals surface area contributed by atoms with Gasteiger partial charge in [0.25, 0.3) is 10.1 Å². The summed E-state index contributed by atoms with van der Waals surface area (Å²) in [6.07, 6.45) is 1.24. The molecule has 2 unspecified atom stereocenters. The molecule has 0 aromatic rings. The fraction of sp³-hybridized carbons (Fsp3) is 0.600. The second-order valence-electron chi connectivity index (χ2n) is 2.27. The minimum atomic E-state index is -4.92. The van der Waals surface area contributed by atoms with Gasteiger partial charge in [-0.15, -0.1) is 11.8 Å². The summed E-state index contributed by atoms with van der Waals surface area (Å²) in [7, 11) is -4.92. The zero-order chi connectivity index (χ0) is 11.5. The fourth-order valence-corrected chi connectivity index (χ4v) is 2.77. The normalized spacial score (nSPS) is 13.1. The first kappa shape index (κ1) is 27.5. The van der Waals surface area contributed by atoms with E-state index in [1.54, 1.807) is 0 Å². The van der Waals surface area contributed by atoms with E-state index < -0.39 is 32.6 Å². The molecule has 7 nitrogen and oxygen atoms in total. The van der Waals surface area contributed by atoms with Crippen LogP contribution in [0.4, 0.5) is 0 Å². The largest absolute Gasteiger partial charge is 1.00 e. The van der Waals surface area contributed by atoms with Gasteiger partial charge >= 0.3 is 101 Å². The Morgan fingerprint density at radius 3 is 1.53 bits per heavy atom. The minimum Gasteiger partial charge on any atom is -1.00 e. The number of thioether (sulfide) groups is 1. The average Bonchev–Trinajstić information content (AvgIpc) is 1.95. The van der Waals surface area contributed by atoms with E-state index in [0.29, 0.717) is 11.8 Å². The van der Waals surface area contributed by atoms with Crippen molar-refractivity contribution in [3.63, 3.8) is 0 Å². The number of rotatable bonds is 5. The Bertz CT molecular complexity index is 356. The van der Waals surface area contributed by atoms with Crippen LogP contribution in [0.3, 0.4) is 0 Å². The van der Waals surface area contributed by atoms with Gasteiger partial charge < -0.3 is 14.5 Å². The van der Waals surface area contributed by atoms with Crippen molar-refractivity contribution in [1.82, 2.24) is 0 Å². The Kier molecular flexibility index (Phi) is 19.4. The summed E-state index contributed by atoms with van der Waals surface area (Å²) >= 11 is 0.522. The smallest absolute Gasteiger partial charge is 1.00 e. The summed E-state index contributed by atoms with van der Waals surface area (Å²) in [5.74, 6) is -3.50. The zero-order valence-corrected chi connectivity index (χ0v) is 17.6. The van der Waals surface area contributed by atoms with E-state index in [-0.39, 0.29) is 93.0 Å². The van der Waals surface area contributed by atoms with Crippen LogP contribution >= 0.6 is 11.8 Å². The molecule has 0 aliphatic heterocycles. The van der Waals surface area contributed by atoms with Gasteiger partial charge in [0.2, 0.25) is 5.25 Å². The van der Waals surface area contributed by atoms with Gasteiger partial charge in [-0.05, 0) is 6.26 Å². The molecule has 0 saturated carbocycles. The van der Waals surface area contributed by atoms with E-state index in [1.165, 1.54) is 6.26 Å². The second kappa shape index (κ2) is 12.0. The summed E-state index contributed by atoms with van der Waals surface area (Å²) in [4.78, 5) is 20.9. The third-order valence-electron chi connectivity index (χ3n) is 1.34. The third-order valence-corrected chi connectivity index (χ3v) is 3.61. The molecule has 88 valence electrons. The molecule has 0 radical (unpaired) electrons. The van der Waals surface area contributed by atoms with E-state index in [1.807, 2.05) is 0 Å². The van der Waals surface area contributed by atoms with Crippen LogP contribution in [0.1, 0.15) is 4.28 Å². The third kappa shape index (κ3) is 9.69. The molecule has 0 aromatic carbocycles. The summed E-state index contributed by atoms with van der Waals surface area (Å²) < 4.78 is 29.7. The molecule has 0 bridgehead atoms. The van der Waals surface area contributed by atoms with Crippen LogP contribution in [-0.2, 0) is 19.7 Å². The summed E-state index contributed by atoms with van der Waals surface area (Å²) in [6.45, 7) is 0. The number of carbonyl (C=O) groups is 2. The van der Waals surface area contributed by atoms with Crippen LogP contribution in [0.15, 0.2) is 0 Å². The molecule has 12 heteroatoms. The van der Waals surface area contributed by atoms with Crippen molar-refractivity contribution in [2.45, 2.75) is 10.5 Å². The molecule has 0 rings (SSSR count). The van der Waals surface area contributed by atoms with Crippen molar-refractivity contribution >= 4 is 33.8 Å². The number of carboxylic acids is 2. The predicted octanol–water partition coefficient (Wildman–Crippen LogP) is -9.51. The topological polar surface area (TPSA) is 129 Å². The molecule has 0 saturated heterocycles. The molecule has 0 aliphatic carbocycles. The Labute approximate surface area is 174 Å². The molecular weight excluding hydrogens is 305 g/mol. The molecular formula is C5H11Na3O7S2. The van der Waals surface area contributed by atoms with Gasteiger partial charge in [0.15, 0.2) is 0 Å². The van der Waals surface area contributed by atoms with Crippen molar-refractivity contribution in [2.24, 2.45) is 0 Å². The van der Waals surface area contributed by atoms with Crippen LogP contribution in [0.25, 0.3) is 0 Å². The van der Waals surface area contributed by atoms with Crippen LogP contribution in [-0.4, -0.2) is 51.9 Å². The summed E-state index contributed by atoms with van der Waals surface area (Å²) in [5.41, 5.74) is 0. The monoisotopic (exact) mass is 316 g/mol. The molecule has 0 aliphatic rings.